The Morgan fingerprint density at radius 3 is 2.41 bits per heavy atom. The smallest absolute Gasteiger partial charge is 0.321 e. The molecule has 3 aliphatic rings. The fourth-order valence-corrected chi connectivity index (χ4v) is 3.49. The van der Waals surface area contributed by atoms with E-state index in [2.05, 4.69) is 9.80 Å². The van der Waals surface area contributed by atoms with Crippen molar-refractivity contribution in [1.82, 2.24) is 9.80 Å². The van der Waals surface area contributed by atoms with Crippen LogP contribution in [-0.2, 0) is 4.79 Å². The van der Waals surface area contributed by atoms with Gasteiger partial charge in [-0.15, -0.1) is 0 Å². The lowest BCUT2D eigenvalue weighted by atomic mass is 10.1. The molecule has 0 spiro atoms. The number of hydrogen-bond acceptors (Lipinski definition) is 3. The zero-order valence-electron chi connectivity index (χ0n) is 10.3. The van der Waals surface area contributed by atoms with E-state index in [4.69, 9.17) is 0 Å². The maximum Gasteiger partial charge on any atom is 0.321 e. The fraction of sp³-hybridized carbons (Fsp3) is 0.923. The van der Waals surface area contributed by atoms with Crippen LogP contribution in [0.1, 0.15) is 32.1 Å². The Hall–Kier alpha value is -0.610. The molecule has 1 N–H and O–H groups in total. The molecule has 0 radical (unpaired) electrons. The van der Waals surface area contributed by atoms with Gasteiger partial charge in [0.05, 0.1) is 0 Å². The van der Waals surface area contributed by atoms with Gasteiger partial charge in [-0.2, -0.15) is 0 Å². The summed E-state index contributed by atoms with van der Waals surface area (Å²) in [5.74, 6) is -0.167. The van der Waals surface area contributed by atoms with E-state index in [1.165, 1.54) is 25.9 Å². The summed E-state index contributed by atoms with van der Waals surface area (Å²) in [6.07, 6.45) is 6.03. The van der Waals surface area contributed by atoms with Crippen molar-refractivity contribution in [3.05, 3.63) is 0 Å². The van der Waals surface area contributed by atoms with E-state index in [0.717, 1.165) is 32.4 Å². The topological polar surface area (TPSA) is 43.8 Å². The van der Waals surface area contributed by atoms with E-state index in [9.17, 15) is 9.90 Å². The Morgan fingerprint density at radius 2 is 1.82 bits per heavy atom. The van der Waals surface area contributed by atoms with Crippen molar-refractivity contribution in [1.29, 1.82) is 0 Å². The van der Waals surface area contributed by atoms with Crippen LogP contribution in [-0.4, -0.2) is 59.1 Å². The first-order chi connectivity index (χ1) is 8.25. The van der Waals surface area contributed by atoms with Gasteiger partial charge in [0.25, 0.3) is 0 Å². The molecule has 0 aromatic carbocycles. The van der Waals surface area contributed by atoms with E-state index in [0.29, 0.717) is 12.0 Å². The molecule has 1 saturated carbocycles. The Balaban J connectivity index is 1.60. The van der Waals surface area contributed by atoms with Crippen LogP contribution in [0.4, 0.5) is 0 Å². The quantitative estimate of drug-likeness (QED) is 0.794. The monoisotopic (exact) mass is 238 g/mol. The number of carbonyl (C=O) groups is 1. The molecule has 0 aromatic heterocycles. The Morgan fingerprint density at radius 1 is 1.12 bits per heavy atom. The van der Waals surface area contributed by atoms with Crippen LogP contribution in [0.2, 0.25) is 0 Å². The van der Waals surface area contributed by atoms with Gasteiger partial charge >= 0.3 is 5.97 Å². The molecule has 0 bridgehead atoms. The molecule has 2 saturated heterocycles. The third-order valence-corrected chi connectivity index (χ3v) is 4.57. The van der Waals surface area contributed by atoms with Crippen LogP contribution in [0.25, 0.3) is 0 Å². The molecule has 4 nitrogen and oxygen atoms in total. The number of rotatable bonds is 4. The van der Waals surface area contributed by atoms with Crippen LogP contribution in [0, 0.1) is 5.92 Å². The lowest BCUT2D eigenvalue weighted by Gasteiger charge is -2.27. The third kappa shape index (κ3) is 2.33. The molecule has 0 aromatic rings. The summed E-state index contributed by atoms with van der Waals surface area (Å²) in [7, 11) is 0. The van der Waals surface area contributed by atoms with E-state index in [1.54, 1.807) is 0 Å². The van der Waals surface area contributed by atoms with Crippen molar-refractivity contribution in [2.45, 2.75) is 44.2 Å². The van der Waals surface area contributed by atoms with E-state index in [-0.39, 0.29) is 6.04 Å². The standard InChI is InChI=1S/C13H22N2O2/c16-13(17)12(10-3-4-10)15-8-5-11(9-15)14-6-1-2-7-14/h10-12H,1-9H2,(H,16,17). The minimum atomic E-state index is -0.602. The molecule has 4 heteroatoms. The van der Waals surface area contributed by atoms with Gasteiger partial charge in [-0.3, -0.25) is 14.6 Å². The van der Waals surface area contributed by atoms with Gasteiger partial charge in [-0.05, 0) is 51.1 Å². The normalized spacial score (nSPS) is 33.1. The second-order valence-corrected chi connectivity index (χ2v) is 5.80. The SMILES string of the molecule is O=C(O)C(C1CC1)N1CCC(N2CCCC2)C1. The summed E-state index contributed by atoms with van der Waals surface area (Å²) in [5.41, 5.74) is 0. The van der Waals surface area contributed by atoms with Crippen LogP contribution in [0.5, 0.6) is 0 Å². The van der Waals surface area contributed by atoms with Gasteiger partial charge in [-0.25, -0.2) is 0 Å². The van der Waals surface area contributed by atoms with Crippen LogP contribution in [0.3, 0.4) is 0 Å². The highest BCUT2D eigenvalue weighted by molar-refractivity contribution is 5.74. The number of carboxylic acid groups (broad SMARTS) is 1. The van der Waals surface area contributed by atoms with Crippen LogP contribution in [0.15, 0.2) is 0 Å². The first-order valence-electron chi connectivity index (χ1n) is 6.96. The summed E-state index contributed by atoms with van der Waals surface area (Å²) >= 11 is 0. The predicted octanol–water partition coefficient (Wildman–Crippen LogP) is 1.02. The highest BCUT2D eigenvalue weighted by Gasteiger charge is 2.43. The highest BCUT2D eigenvalue weighted by atomic mass is 16.4. The Kier molecular flexibility index (Phi) is 3.09. The Labute approximate surface area is 103 Å². The van der Waals surface area contributed by atoms with Crippen molar-refractivity contribution in [3.8, 4) is 0 Å². The first-order valence-corrected chi connectivity index (χ1v) is 6.96. The van der Waals surface area contributed by atoms with Crippen molar-refractivity contribution < 1.29 is 9.90 Å². The Bertz CT molecular complexity index is 298. The maximum absolute atomic E-state index is 11.3. The van der Waals surface area contributed by atoms with Crippen molar-refractivity contribution in [3.63, 3.8) is 0 Å². The highest BCUT2D eigenvalue weighted by Crippen LogP contribution is 2.37. The minimum Gasteiger partial charge on any atom is -0.480 e. The lowest BCUT2D eigenvalue weighted by Crippen LogP contribution is -2.43. The number of aliphatic carboxylic acids is 1. The average Bonchev–Trinajstić information content (AvgIpc) is 2.83. The third-order valence-electron chi connectivity index (χ3n) is 4.57. The van der Waals surface area contributed by atoms with Gasteiger partial charge in [0.1, 0.15) is 6.04 Å². The molecule has 1 aliphatic carbocycles. The molecule has 2 atom stereocenters. The van der Waals surface area contributed by atoms with E-state index >= 15 is 0 Å². The average molecular weight is 238 g/mol. The van der Waals surface area contributed by atoms with Crippen molar-refractivity contribution >= 4 is 5.97 Å². The van der Waals surface area contributed by atoms with Crippen LogP contribution >= 0.6 is 0 Å². The second kappa shape index (κ2) is 4.58. The lowest BCUT2D eigenvalue weighted by molar-refractivity contribution is -0.143. The molecular formula is C13H22N2O2. The van der Waals surface area contributed by atoms with Crippen molar-refractivity contribution in [2.24, 2.45) is 5.92 Å². The molecule has 2 unspecified atom stereocenters. The molecule has 2 heterocycles. The molecule has 2 aliphatic heterocycles. The molecule has 0 amide bonds. The van der Waals surface area contributed by atoms with Crippen molar-refractivity contribution in [2.75, 3.05) is 26.2 Å². The van der Waals surface area contributed by atoms with Gasteiger partial charge in [0.15, 0.2) is 0 Å². The van der Waals surface area contributed by atoms with Gasteiger partial charge in [0, 0.05) is 19.1 Å². The molecule has 3 rings (SSSR count). The minimum absolute atomic E-state index is 0.192. The largest absolute Gasteiger partial charge is 0.480 e. The van der Waals surface area contributed by atoms with E-state index < -0.39 is 5.97 Å². The molecule has 17 heavy (non-hydrogen) atoms. The second-order valence-electron chi connectivity index (χ2n) is 5.80. The number of likely N-dealkylation sites (tertiary alicyclic amines) is 2. The number of hydrogen-bond donors (Lipinski definition) is 1. The summed E-state index contributed by atoms with van der Waals surface area (Å²) in [6, 6.07) is 0.431. The molecule has 96 valence electrons. The van der Waals surface area contributed by atoms with Gasteiger partial charge < -0.3 is 5.11 Å². The van der Waals surface area contributed by atoms with E-state index in [1.807, 2.05) is 0 Å². The molecule has 3 fully saturated rings. The first kappa shape index (κ1) is 11.5. The van der Waals surface area contributed by atoms with Gasteiger partial charge in [-0.1, -0.05) is 0 Å². The fourth-order valence-electron chi connectivity index (χ4n) is 3.49. The zero-order chi connectivity index (χ0) is 11.8. The number of carboxylic acids is 1. The summed E-state index contributed by atoms with van der Waals surface area (Å²) in [4.78, 5) is 16.1. The molecular weight excluding hydrogens is 216 g/mol. The summed E-state index contributed by atoms with van der Waals surface area (Å²) in [6.45, 7) is 4.40. The van der Waals surface area contributed by atoms with Crippen LogP contribution < -0.4 is 0 Å². The number of nitrogens with zero attached hydrogens (tertiary/aromatic N) is 2. The predicted molar refractivity (Wildman–Crippen MR) is 64.9 cm³/mol. The maximum atomic E-state index is 11.3. The van der Waals surface area contributed by atoms with Gasteiger partial charge in [0.2, 0.25) is 0 Å². The summed E-state index contributed by atoms with van der Waals surface area (Å²) < 4.78 is 0. The zero-order valence-corrected chi connectivity index (χ0v) is 10.3. The summed E-state index contributed by atoms with van der Waals surface area (Å²) in [5, 5.41) is 9.34.